The van der Waals surface area contributed by atoms with Crippen molar-refractivity contribution in [3.8, 4) is 0 Å². The molecule has 0 aliphatic rings. The molecule has 3 nitrogen and oxygen atoms in total. The summed E-state index contributed by atoms with van der Waals surface area (Å²) in [6, 6.07) is 12.7. The Bertz CT molecular complexity index is 547. The van der Waals surface area contributed by atoms with Crippen LogP contribution in [0, 0.1) is 6.92 Å². The highest BCUT2D eigenvalue weighted by Crippen LogP contribution is 2.08. The zero-order chi connectivity index (χ0) is 14.2. The number of nitrogens with zero attached hydrogens (tertiary/aromatic N) is 1. The quantitative estimate of drug-likeness (QED) is 0.634. The number of aliphatic imine (C=N–C) groups is 1. The van der Waals surface area contributed by atoms with Crippen LogP contribution in [0.2, 0.25) is 0 Å². The van der Waals surface area contributed by atoms with Gasteiger partial charge in [0.05, 0.1) is 0 Å². The molecule has 1 heterocycles. The van der Waals surface area contributed by atoms with E-state index in [1.165, 1.54) is 16.0 Å². The van der Waals surface area contributed by atoms with Gasteiger partial charge < -0.3 is 11.1 Å². The summed E-state index contributed by atoms with van der Waals surface area (Å²) in [6.45, 7) is 3.67. The zero-order valence-corrected chi connectivity index (χ0v) is 12.6. The highest BCUT2D eigenvalue weighted by atomic mass is 32.1. The Hall–Kier alpha value is -1.81. The molecule has 0 atom stereocenters. The standard InChI is InChI=1S/C16H21N3S/c1-13-4-2-5-14(12-13)7-9-18-16(17)19-10-8-15-6-3-11-20-15/h2-6,11-12H,7-10H2,1H3,(H3,17,18,19). The van der Waals surface area contributed by atoms with Crippen LogP contribution < -0.4 is 11.1 Å². The van der Waals surface area contributed by atoms with Crippen molar-refractivity contribution in [3.05, 3.63) is 57.8 Å². The molecule has 0 saturated heterocycles. The van der Waals surface area contributed by atoms with Crippen LogP contribution in [0.3, 0.4) is 0 Å². The third-order valence-electron chi connectivity index (χ3n) is 3.02. The van der Waals surface area contributed by atoms with Gasteiger partial charge >= 0.3 is 0 Å². The van der Waals surface area contributed by atoms with E-state index in [1.54, 1.807) is 11.3 Å². The normalized spacial score (nSPS) is 11.6. The van der Waals surface area contributed by atoms with E-state index >= 15 is 0 Å². The van der Waals surface area contributed by atoms with E-state index in [2.05, 4.69) is 59.0 Å². The summed E-state index contributed by atoms with van der Waals surface area (Å²) >= 11 is 1.76. The van der Waals surface area contributed by atoms with Gasteiger partial charge in [-0.1, -0.05) is 35.9 Å². The minimum atomic E-state index is 0.536. The van der Waals surface area contributed by atoms with Gasteiger partial charge in [-0.25, -0.2) is 0 Å². The van der Waals surface area contributed by atoms with Gasteiger partial charge in [-0.15, -0.1) is 11.3 Å². The Morgan fingerprint density at radius 2 is 2.15 bits per heavy atom. The van der Waals surface area contributed by atoms with Crippen molar-refractivity contribution in [1.29, 1.82) is 0 Å². The van der Waals surface area contributed by atoms with Gasteiger partial charge in [-0.05, 0) is 30.4 Å². The van der Waals surface area contributed by atoms with E-state index in [0.717, 1.165) is 25.9 Å². The topological polar surface area (TPSA) is 50.4 Å². The Morgan fingerprint density at radius 1 is 1.25 bits per heavy atom. The maximum absolute atomic E-state index is 5.85. The highest BCUT2D eigenvalue weighted by molar-refractivity contribution is 7.09. The molecule has 0 spiro atoms. The van der Waals surface area contributed by atoms with Gasteiger partial charge in [0, 0.05) is 24.4 Å². The molecule has 0 saturated carbocycles. The Kier molecular flexibility index (Phi) is 5.62. The number of rotatable bonds is 6. The molecule has 2 aromatic rings. The number of hydrogen-bond acceptors (Lipinski definition) is 2. The summed E-state index contributed by atoms with van der Waals surface area (Å²) in [6.07, 6.45) is 1.92. The molecule has 0 aliphatic carbocycles. The van der Waals surface area contributed by atoms with Crippen molar-refractivity contribution in [2.75, 3.05) is 13.1 Å². The second kappa shape index (κ2) is 7.70. The molecule has 1 aromatic heterocycles. The SMILES string of the molecule is Cc1cccc(CCNC(N)=NCCc2cccs2)c1. The van der Waals surface area contributed by atoms with Crippen molar-refractivity contribution in [2.24, 2.45) is 10.7 Å². The monoisotopic (exact) mass is 287 g/mol. The zero-order valence-electron chi connectivity index (χ0n) is 11.8. The Labute approximate surface area is 124 Å². The van der Waals surface area contributed by atoms with Crippen LogP contribution in [-0.4, -0.2) is 19.0 Å². The van der Waals surface area contributed by atoms with E-state index in [9.17, 15) is 0 Å². The lowest BCUT2D eigenvalue weighted by molar-refractivity contribution is 0.844. The minimum Gasteiger partial charge on any atom is -0.370 e. The van der Waals surface area contributed by atoms with Crippen LogP contribution in [0.1, 0.15) is 16.0 Å². The molecule has 2 rings (SSSR count). The largest absolute Gasteiger partial charge is 0.370 e. The molecule has 3 N–H and O–H groups in total. The van der Waals surface area contributed by atoms with Crippen molar-refractivity contribution < 1.29 is 0 Å². The summed E-state index contributed by atoms with van der Waals surface area (Å²) < 4.78 is 0. The molecule has 0 aliphatic heterocycles. The second-order valence-corrected chi connectivity index (χ2v) is 5.79. The molecule has 0 fully saturated rings. The molecule has 0 radical (unpaired) electrons. The summed E-state index contributed by atoms with van der Waals surface area (Å²) in [5.74, 6) is 0.536. The van der Waals surface area contributed by atoms with Crippen molar-refractivity contribution >= 4 is 17.3 Å². The molecule has 106 valence electrons. The van der Waals surface area contributed by atoms with Crippen molar-refractivity contribution in [1.82, 2.24) is 5.32 Å². The van der Waals surface area contributed by atoms with Crippen LogP contribution in [0.4, 0.5) is 0 Å². The van der Waals surface area contributed by atoms with E-state index in [-0.39, 0.29) is 0 Å². The fraction of sp³-hybridized carbons (Fsp3) is 0.312. The summed E-state index contributed by atoms with van der Waals surface area (Å²) in [7, 11) is 0. The fourth-order valence-electron chi connectivity index (χ4n) is 2.00. The van der Waals surface area contributed by atoms with Gasteiger partial charge in [0.1, 0.15) is 0 Å². The maximum Gasteiger partial charge on any atom is 0.188 e. The molecule has 0 amide bonds. The molecular formula is C16H21N3S. The fourth-order valence-corrected chi connectivity index (χ4v) is 2.70. The van der Waals surface area contributed by atoms with Crippen molar-refractivity contribution in [2.45, 2.75) is 19.8 Å². The highest BCUT2D eigenvalue weighted by Gasteiger charge is 1.96. The molecule has 1 aromatic carbocycles. The second-order valence-electron chi connectivity index (χ2n) is 4.76. The minimum absolute atomic E-state index is 0.536. The molecular weight excluding hydrogens is 266 g/mol. The first kappa shape index (κ1) is 14.6. The summed E-state index contributed by atoms with van der Waals surface area (Å²) in [5.41, 5.74) is 8.46. The van der Waals surface area contributed by atoms with Crippen LogP contribution >= 0.6 is 11.3 Å². The Balaban J connectivity index is 1.68. The van der Waals surface area contributed by atoms with E-state index in [4.69, 9.17) is 5.73 Å². The number of aryl methyl sites for hydroxylation is 1. The first-order chi connectivity index (χ1) is 9.74. The number of thiophene rings is 1. The maximum atomic E-state index is 5.85. The van der Waals surface area contributed by atoms with Gasteiger partial charge in [0.25, 0.3) is 0 Å². The Morgan fingerprint density at radius 3 is 2.90 bits per heavy atom. The lowest BCUT2D eigenvalue weighted by Crippen LogP contribution is -2.33. The van der Waals surface area contributed by atoms with Crippen LogP contribution in [0.15, 0.2) is 46.8 Å². The van der Waals surface area contributed by atoms with Crippen LogP contribution in [0.25, 0.3) is 0 Å². The van der Waals surface area contributed by atoms with Crippen LogP contribution in [-0.2, 0) is 12.8 Å². The van der Waals surface area contributed by atoms with Crippen LogP contribution in [0.5, 0.6) is 0 Å². The summed E-state index contributed by atoms with van der Waals surface area (Å²) in [5, 5.41) is 5.25. The summed E-state index contributed by atoms with van der Waals surface area (Å²) in [4.78, 5) is 5.69. The lowest BCUT2D eigenvalue weighted by atomic mass is 10.1. The predicted octanol–water partition coefficient (Wildman–Crippen LogP) is 2.75. The molecule has 4 heteroatoms. The number of guanidine groups is 1. The van der Waals surface area contributed by atoms with Gasteiger partial charge in [0.2, 0.25) is 0 Å². The lowest BCUT2D eigenvalue weighted by Gasteiger charge is -2.06. The van der Waals surface area contributed by atoms with Crippen molar-refractivity contribution in [3.63, 3.8) is 0 Å². The molecule has 20 heavy (non-hydrogen) atoms. The first-order valence-electron chi connectivity index (χ1n) is 6.86. The number of hydrogen-bond donors (Lipinski definition) is 2. The number of benzene rings is 1. The predicted molar refractivity (Wildman–Crippen MR) is 87.4 cm³/mol. The number of nitrogens with one attached hydrogen (secondary N) is 1. The molecule has 0 unspecified atom stereocenters. The average Bonchev–Trinajstić information content (AvgIpc) is 2.92. The third-order valence-corrected chi connectivity index (χ3v) is 3.96. The van der Waals surface area contributed by atoms with E-state index < -0.39 is 0 Å². The van der Waals surface area contributed by atoms with Gasteiger partial charge in [-0.2, -0.15) is 0 Å². The molecule has 0 bridgehead atoms. The average molecular weight is 287 g/mol. The van der Waals surface area contributed by atoms with E-state index in [1.807, 2.05) is 0 Å². The smallest absolute Gasteiger partial charge is 0.188 e. The van der Waals surface area contributed by atoms with E-state index in [0.29, 0.717) is 5.96 Å². The van der Waals surface area contributed by atoms with Gasteiger partial charge in [-0.3, -0.25) is 4.99 Å². The van der Waals surface area contributed by atoms with Gasteiger partial charge in [0.15, 0.2) is 5.96 Å². The third kappa shape index (κ3) is 5.05. The number of nitrogens with two attached hydrogens (primary N) is 1. The first-order valence-corrected chi connectivity index (χ1v) is 7.74.